The number of rotatable bonds is 5. The molecule has 1 aromatic carbocycles. The maximum Gasteiger partial charge on any atom is 0.224 e. The van der Waals surface area contributed by atoms with E-state index in [1.54, 1.807) is 0 Å². The third-order valence-corrected chi connectivity index (χ3v) is 3.77. The molecule has 1 aliphatic heterocycles. The number of benzene rings is 1. The number of piperidine rings is 1. The molecule has 1 aliphatic rings. The predicted molar refractivity (Wildman–Crippen MR) is 98.9 cm³/mol. The fourth-order valence-electron chi connectivity index (χ4n) is 2.49. The maximum atomic E-state index is 11.9. The van der Waals surface area contributed by atoms with E-state index in [0.717, 1.165) is 24.5 Å². The summed E-state index contributed by atoms with van der Waals surface area (Å²) < 4.78 is 0. The number of nitrogens with one attached hydrogen (secondary N) is 1. The molecule has 0 unspecified atom stereocenters. The molecular weight excluding hydrogens is 345 g/mol. The minimum absolute atomic E-state index is 0. The summed E-state index contributed by atoms with van der Waals surface area (Å²) in [5, 5.41) is 3.60. The molecule has 0 bridgehead atoms. The van der Waals surface area contributed by atoms with Crippen LogP contribution in [0.4, 0.5) is 11.4 Å². The highest BCUT2D eigenvalue weighted by Crippen LogP contribution is 2.31. The van der Waals surface area contributed by atoms with E-state index < -0.39 is 0 Å². The molecule has 126 valence electrons. The van der Waals surface area contributed by atoms with Crippen LogP contribution in [-0.2, 0) is 4.79 Å². The van der Waals surface area contributed by atoms with Crippen molar-refractivity contribution in [3.8, 4) is 0 Å². The van der Waals surface area contributed by atoms with Gasteiger partial charge in [0.2, 0.25) is 5.91 Å². The largest absolute Gasteiger partial charge is 0.370 e. The lowest BCUT2D eigenvalue weighted by molar-refractivity contribution is -0.116. The van der Waals surface area contributed by atoms with Crippen LogP contribution in [0.15, 0.2) is 18.2 Å². The van der Waals surface area contributed by atoms with Gasteiger partial charge in [-0.2, -0.15) is 0 Å². The zero-order valence-corrected chi connectivity index (χ0v) is 14.9. The fourth-order valence-corrected chi connectivity index (χ4v) is 2.67. The number of hydrogen-bond donors (Lipinski definition) is 2. The number of amides is 1. The maximum absolute atomic E-state index is 11.9. The van der Waals surface area contributed by atoms with Crippen LogP contribution in [0.2, 0.25) is 5.02 Å². The zero-order valence-electron chi connectivity index (χ0n) is 12.5. The van der Waals surface area contributed by atoms with Crippen LogP contribution in [0, 0.1) is 0 Å². The van der Waals surface area contributed by atoms with Gasteiger partial charge in [0.25, 0.3) is 0 Å². The van der Waals surface area contributed by atoms with E-state index in [-0.39, 0.29) is 30.7 Å². The van der Waals surface area contributed by atoms with Crippen molar-refractivity contribution in [2.75, 3.05) is 29.9 Å². The Morgan fingerprint density at radius 2 is 1.91 bits per heavy atom. The number of halogens is 3. The lowest BCUT2D eigenvalue weighted by atomic mass is 10.1. The molecule has 1 amide bonds. The van der Waals surface area contributed by atoms with Gasteiger partial charge in [0.15, 0.2) is 0 Å². The lowest BCUT2D eigenvalue weighted by Gasteiger charge is -2.30. The minimum Gasteiger partial charge on any atom is -0.370 e. The molecule has 0 saturated carbocycles. The van der Waals surface area contributed by atoms with Gasteiger partial charge in [0, 0.05) is 24.5 Å². The molecule has 0 atom stereocenters. The van der Waals surface area contributed by atoms with Gasteiger partial charge < -0.3 is 16.0 Å². The van der Waals surface area contributed by atoms with Gasteiger partial charge in [-0.25, -0.2) is 0 Å². The predicted octanol–water partition coefficient (Wildman–Crippen LogP) is 3.85. The quantitative estimate of drug-likeness (QED) is 0.830. The van der Waals surface area contributed by atoms with Crippen molar-refractivity contribution in [3.05, 3.63) is 23.2 Å². The third-order valence-electron chi connectivity index (χ3n) is 3.54. The highest BCUT2D eigenvalue weighted by atomic mass is 35.5. The Balaban J connectivity index is 0.00000220. The van der Waals surface area contributed by atoms with Crippen molar-refractivity contribution in [1.82, 2.24) is 0 Å². The smallest absolute Gasteiger partial charge is 0.224 e. The second kappa shape index (κ2) is 10.9. The number of carbonyl (C=O) groups excluding carboxylic acids is 1. The minimum atomic E-state index is -0.00373. The van der Waals surface area contributed by atoms with Crippen LogP contribution in [0.5, 0.6) is 0 Å². The normalized spacial score (nSPS) is 13.8. The Labute approximate surface area is 149 Å². The molecule has 22 heavy (non-hydrogen) atoms. The van der Waals surface area contributed by atoms with E-state index in [1.165, 1.54) is 19.3 Å². The first-order valence-corrected chi connectivity index (χ1v) is 7.63. The van der Waals surface area contributed by atoms with E-state index in [1.807, 2.05) is 18.2 Å². The SMILES string of the molecule is Cl.Cl.NCCCC(=O)Nc1cc(Cl)ccc1N1CCCCC1. The summed E-state index contributed by atoms with van der Waals surface area (Å²) in [6.07, 6.45) is 4.82. The first kappa shape index (κ1) is 21.3. The molecule has 7 heteroatoms. The summed E-state index contributed by atoms with van der Waals surface area (Å²) in [7, 11) is 0. The standard InChI is InChI=1S/C15H22ClN3O.2ClH/c16-12-6-7-14(19-9-2-1-3-10-19)13(11-12)18-15(20)5-4-8-17;;/h6-7,11H,1-5,8-10,17H2,(H,18,20);2*1H. The highest BCUT2D eigenvalue weighted by Gasteiger charge is 2.16. The molecule has 1 aromatic rings. The molecular formula is C15H24Cl3N3O. The van der Waals surface area contributed by atoms with Crippen LogP contribution in [0.25, 0.3) is 0 Å². The fraction of sp³-hybridized carbons (Fsp3) is 0.533. The number of carbonyl (C=O) groups is 1. The Morgan fingerprint density at radius 1 is 1.23 bits per heavy atom. The Hall–Kier alpha value is -0.680. The third kappa shape index (κ3) is 6.21. The average Bonchev–Trinajstić information content (AvgIpc) is 2.46. The Bertz CT molecular complexity index is 465. The molecule has 0 spiro atoms. The van der Waals surface area contributed by atoms with E-state index >= 15 is 0 Å². The molecule has 0 radical (unpaired) electrons. The number of nitrogens with two attached hydrogens (primary N) is 1. The van der Waals surface area contributed by atoms with E-state index in [0.29, 0.717) is 24.4 Å². The molecule has 4 nitrogen and oxygen atoms in total. The zero-order chi connectivity index (χ0) is 14.4. The van der Waals surface area contributed by atoms with Gasteiger partial charge in [-0.1, -0.05) is 11.6 Å². The van der Waals surface area contributed by atoms with Gasteiger partial charge in [0.1, 0.15) is 0 Å². The van der Waals surface area contributed by atoms with Gasteiger partial charge in [-0.05, 0) is 50.4 Å². The molecule has 1 fully saturated rings. The second-order valence-electron chi connectivity index (χ2n) is 5.15. The summed E-state index contributed by atoms with van der Waals surface area (Å²) in [4.78, 5) is 14.2. The Kier molecular flexibility index (Phi) is 10.6. The van der Waals surface area contributed by atoms with Crippen LogP contribution >= 0.6 is 36.4 Å². The van der Waals surface area contributed by atoms with E-state index in [4.69, 9.17) is 17.3 Å². The topological polar surface area (TPSA) is 58.4 Å². The van der Waals surface area contributed by atoms with Crippen LogP contribution in [0.3, 0.4) is 0 Å². The first-order chi connectivity index (χ1) is 9.70. The number of anilines is 2. The molecule has 1 heterocycles. The monoisotopic (exact) mass is 367 g/mol. The van der Waals surface area contributed by atoms with Crippen molar-refractivity contribution in [1.29, 1.82) is 0 Å². The Morgan fingerprint density at radius 3 is 2.55 bits per heavy atom. The van der Waals surface area contributed by atoms with Crippen LogP contribution in [-0.4, -0.2) is 25.5 Å². The van der Waals surface area contributed by atoms with Crippen molar-refractivity contribution < 1.29 is 4.79 Å². The molecule has 3 N–H and O–H groups in total. The molecule has 0 aliphatic carbocycles. The summed E-state index contributed by atoms with van der Waals surface area (Å²) >= 11 is 6.05. The van der Waals surface area contributed by atoms with Gasteiger partial charge in [-0.3, -0.25) is 4.79 Å². The summed E-state index contributed by atoms with van der Waals surface area (Å²) in [5.41, 5.74) is 7.30. The van der Waals surface area contributed by atoms with Gasteiger partial charge in [-0.15, -0.1) is 24.8 Å². The lowest BCUT2D eigenvalue weighted by Crippen LogP contribution is -2.30. The molecule has 0 aromatic heterocycles. The van der Waals surface area contributed by atoms with Crippen molar-refractivity contribution >= 4 is 53.7 Å². The summed E-state index contributed by atoms with van der Waals surface area (Å²) in [6, 6.07) is 5.69. The summed E-state index contributed by atoms with van der Waals surface area (Å²) in [5.74, 6) is -0.00373. The van der Waals surface area contributed by atoms with Crippen molar-refractivity contribution in [2.45, 2.75) is 32.1 Å². The first-order valence-electron chi connectivity index (χ1n) is 7.25. The van der Waals surface area contributed by atoms with Crippen molar-refractivity contribution in [2.24, 2.45) is 5.73 Å². The van der Waals surface area contributed by atoms with E-state index in [9.17, 15) is 4.79 Å². The van der Waals surface area contributed by atoms with E-state index in [2.05, 4.69) is 10.2 Å². The van der Waals surface area contributed by atoms with Gasteiger partial charge in [0.05, 0.1) is 11.4 Å². The average molecular weight is 369 g/mol. The van der Waals surface area contributed by atoms with Crippen LogP contribution < -0.4 is 16.0 Å². The molecule has 2 rings (SSSR count). The second-order valence-corrected chi connectivity index (χ2v) is 5.59. The number of nitrogens with zero attached hydrogens (tertiary/aromatic N) is 1. The van der Waals surface area contributed by atoms with Crippen LogP contribution in [0.1, 0.15) is 32.1 Å². The highest BCUT2D eigenvalue weighted by molar-refractivity contribution is 6.31. The van der Waals surface area contributed by atoms with Crippen molar-refractivity contribution in [3.63, 3.8) is 0 Å². The van der Waals surface area contributed by atoms with Gasteiger partial charge >= 0.3 is 0 Å². The molecule has 1 saturated heterocycles. The summed E-state index contributed by atoms with van der Waals surface area (Å²) in [6.45, 7) is 2.60. The number of hydrogen-bond acceptors (Lipinski definition) is 3.